The largest absolute Gasteiger partial charge is 0.339 e. The number of rotatable bonds is 4. The van der Waals surface area contributed by atoms with Crippen LogP contribution in [-0.4, -0.2) is 38.2 Å². The normalized spacial score (nSPS) is 17.6. The van der Waals surface area contributed by atoms with Crippen molar-refractivity contribution in [3.8, 4) is 0 Å². The molecular formula is C22H25N3O4S. The molecule has 2 aliphatic rings. The molecule has 2 aromatic carbocycles. The van der Waals surface area contributed by atoms with E-state index in [9.17, 15) is 18.0 Å². The second-order valence-electron chi connectivity index (χ2n) is 8.42. The molecule has 1 fully saturated rings. The molecule has 2 aromatic rings. The molecule has 0 aromatic heterocycles. The Morgan fingerprint density at radius 3 is 2.37 bits per heavy atom. The van der Waals surface area contributed by atoms with E-state index in [2.05, 4.69) is 10.0 Å². The van der Waals surface area contributed by atoms with Gasteiger partial charge in [0.05, 0.1) is 10.3 Å². The van der Waals surface area contributed by atoms with Gasteiger partial charge < -0.3 is 10.2 Å². The minimum Gasteiger partial charge on any atom is -0.339 e. The number of nitrogens with zero attached hydrogens (tertiary/aromatic N) is 1. The maximum Gasteiger partial charge on any atom is 0.261 e. The third kappa shape index (κ3) is 3.45. The van der Waals surface area contributed by atoms with Gasteiger partial charge in [0.1, 0.15) is 0 Å². The van der Waals surface area contributed by atoms with Gasteiger partial charge in [-0.25, -0.2) is 8.42 Å². The summed E-state index contributed by atoms with van der Waals surface area (Å²) in [6.07, 6.45) is 2.03. The van der Waals surface area contributed by atoms with Crippen molar-refractivity contribution in [3.63, 3.8) is 0 Å². The number of nitrogens with one attached hydrogen (secondary N) is 2. The zero-order valence-corrected chi connectivity index (χ0v) is 18.1. The zero-order valence-electron chi connectivity index (χ0n) is 17.3. The Hall–Kier alpha value is -2.87. The second-order valence-corrected chi connectivity index (χ2v) is 10.1. The van der Waals surface area contributed by atoms with Crippen LogP contribution < -0.4 is 10.0 Å². The Morgan fingerprint density at radius 1 is 1.10 bits per heavy atom. The first-order valence-corrected chi connectivity index (χ1v) is 11.5. The van der Waals surface area contributed by atoms with Gasteiger partial charge in [0.15, 0.2) is 0 Å². The third-order valence-corrected chi connectivity index (χ3v) is 7.24. The topological polar surface area (TPSA) is 95.6 Å². The number of aryl methyl sites for hydroxylation is 1. The van der Waals surface area contributed by atoms with Gasteiger partial charge in [-0.15, -0.1) is 0 Å². The number of amides is 2. The molecule has 0 atom stereocenters. The first-order chi connectivity index (χ1) is 14.1. The molecule has 158 valence electrons. The number of carbonyl (C=O) groups excluding carboxylic acids is 2. The summed E-state index contributed by atoms with van der Waals surface area (Å²) in [4.78, 5) is 26.6. The molecule has 8 heteroatoms. The number of carbonyl (C=O) groups is 2. The number of sulfonamides is 1. The van der Waals surface area contributed by atoms with E-state index in [0.29, 0.717) is 28.1 Å². The number of hydrogen-bond donors (Lipinski definition) is 2. The van der Waals surface area contributed by atoms with Gasteiger partial charge in [-0.3, -0.25) is 14.3 Å². The van der Waals surface area contributed by atoms with E-state index in [1.807, 2.05) is 4.90 Å². The molecule has 7 nitrogen and oxygen atoms in total. The van der Waals surface area contributed by atoms with Crippen molar-refractivity contribution in [3.05, 3.63) is 53.1 Å². The van der Waals surface area contributed by atoms with Crippen molar-refractivity contribution in [2.75, 3.05) is 23.1 Å². The lowest BCUT2D eigenvalue weighted by Gasteiger charge is -2.17. The third-order valence-electron chi connectivity index (χ3n) is 5.88. The SMILES string of the molecule is Cc1cc(S(=O)(=O)Nc2ccc(C(=O)N3CCCC3)cc2)cc2c1NC(=O)C2(C)C. The second kappa shape index (κ2) is 7.12. The summed E-state index contributed by atoms with van der Waals surface area (Å²) in [6.45, 7) is 6.84. The number of benzene rings is 2. The van der Waals surface area contributed by atoms with Gasteiger partial charge in [-0.2, -0.15) is 0 Å². The van der Waals surface area contributed by atoms with Crippen LogP contribution in [0.15, 0.2) is 41.3 Å². The van der Waals surface area contributed by atoms with Crippen molar-refractivity contribution >= 4 is 33.2 Å². The highest BCUT2D eigenvalue weighted by atomic mass is 32.2. The molecule has 2 N–H and O–H groups in total. The van der Waals surface area contributed by atoms with Crippen LogP contribution in [-0.2, 0) is 20.2 Å². The average molecular weight is 428 g/mol. The number of fused-ring (bicyclic) bond motifs is 1. The quantitative estimate of drug-likeness (QED) is 0.783. The number of likely N-dealkylation sites (tertiary alicyclic amines) is 1. The molecule has 2 amide bonds. The van der Waals surface area contributed by atoms with Gasteiger partial charge in [0.2, 0.25) is 5.91 Å². The molecule has 0 spiro atoms. The molecule has 0 unspecified atom stereocenters. The molecule has 4 rings (SSSR count). The highest BCUT2D eigenvalue weighted by molar-refractivity contribution is 7.92. The fourth-order valence-electron chi connectivity index (χ4n) is 3.96. The minimum absolute atomic E-state index is 0.0319. The van der Waals surface area contributed by atoms with Crippen LogP contribution in [0.1, 0.15) is 48.2 Å². The maximum absolute atomic E-state index is 13.0. The van der Waals surface area contributed by atoms with Crippen LogP contribution >= 0.6 is 0 Å². The van der Waals surface area contributed by atoms with Crippen molar-refractivity contribution in [1.29, 1.82) is 0 Å². The van der Waals surface area contributed by atoms with Gasteiger partial charge in [0.25, 0.3) is 15.9 Å². The summed E-state index contributed by atoms with van der Waals surface area (Å²) in [7, 11) is -3.86. The first kappa shape index (κ1) is 20.4. The van der Waals surface area contributed by atoms with Crippen molar-refractivity contribution in [1.82, 2.24) is 4.90 Å². The van der Waals surface area contributed by atoms with Gasteiger partial charge in [-0.05, 0) is 81.1 Å². The predicted octanol–water partition coefficient (Wildman–Crippen LogP) is 3.26. The summed E-state index contributed by atoms with van der Waals surface area (Å²) in [5.41, 5.74) is 2.15. The number of hydrogen-bond acceptors (Lipinski definition) is 4. The molecular weight excluding hydrogens is 402 g/mol. The fourth-order valence-corrected chi connectivity index (χ4v) is 5.13. The molecule has 0 radical (unpaired) electrons. The van der Waals surface area contributed by atoms with E-state index in [-0.39, 0.29) is 16.7 Å². The molecule has 0 aliphatic carbocycles. The lowest BCUT2D eigenvalue weighted by atomic mass is 9.85. The summed E-state index contributed by atoms with van der Waals surface area (Å²) in [6, 6.07) is 9.56. The Morgan fingerprint density at radius 2 is 1.73 bits per heavy atom. The molecule has 2 heterocycles. The first-order valence-electron chi connectivity index (χ1n) is 9.98. The fraction of sp³-hybridized carbons (Fsp3) is 0.364. The summed E-state index contributed by atoms with van der Waals surface area (Å²) in [5, 5.41) is 2.83. The van der Waals surface area contributed by atoms with Crippen LogP contribution in [0.25, 0.3) is 0 Å². The minimum atomic E-state index is -3.86. The number of anilines is 2. The lowest BCUT2D eigenvalue weighted by molar-refractivity contribution is -0.119. The highest BCUT2D eigenvalue weighted by Gasteiger charge is 2.40. The van der Waals surface area contributed by atoms with E-state index in [4.69, 9.17) is 0 Å². The van der Waals surface area contributed by atoms with E-state index >= 15 is 0 Å². The molecule has 30 heavy (non-hydrogen) atoms. The smallest absolute Gasteiger partial charge is 0.261 e. The van der Waals surface area contributed by atoms with Crippen molar-refractivity contribution in [2.24, 2.45) is 0 Å². The Kier molecular flexibility index (Phi) is 4.85. The molecule has 0 bridgehead atoms. The van der Waals surface area contributed by atoms with Crippen molar-refractivity contribution in [2.45, 2.75) is 43.9 Å². The summed E-state index contributed by atoms with van der Waals surface area (Å²) < 4.78 is 28.5. The monoisotopic (exact) mass is 427 g/mol. The van der Waals surface area contributed by atoms with E-state index in [1.54, 1.807) is 57.2 Å². The maximum atomic E-state index is 13.0. The Bertz CT molecular complexity index is 1130. The van der Waals surface area contributed by atoms with Gasteiger partial charge >= 0.3 is 0 Å². The average Bonchev–Trinajstić information content (AvgIpc) is 3.30. The summed E-state index contributed by atoms with van der Waals surface area (Å²) >= 11 is 0. The van der Waals surface area contributed by atoms with Crippen LogP contribution in [0.3, 0.4) is 0 Å². The van der Waals surface area contributed by atoms with E-state index in [0.717, 1.165) is 25.9 Å². The molecule has 2 aliphatic heterocycles. The van der Waals surface area contributed by atoms with E-state index in [1.165, 1.54) is 0 Å². The van der Waals surface area contributed by atoms with Crippen LogP contribution in [0.5, 0.6) is 0 Å². The van der Waals surface area contributed by atoms with Gasteiger partial charge in [0, 0.05) is 30.0 Å². The Labute approximate surface area is 176 Å². The molecule has 1 saturated heterocycles. The van der Waals surface area contributed by atoms with Crippen LogP contribution in [0.2, 0.25) is 0 Å². The summed E-state index contributed by atoms with van der Waals surface area (Å²) in [5.74, 6) is -0.183. The van der Waals surface area contributed by atoms with Gasteiger partial charge in [-0.1, -0.05) is 0 Å². The molecule has 0 saturated carbocycles. The predicted molar refractivity (Wildman–Crippen MR) is 115 cm³/mol. The van der Waals surface area contributed by atoms with Crippen LogP contribution in [0.4, 0.5) is 11.4 Å². The van der Waals surface area contributed by atoms with E-state index < -0.39 is 15.4 Å². The van der Waals surface area contributed by atoms with Crippen LogP contribution in [0, 0.1) is 6.92 Å². The Balaban J connectivity index is 1.58. The zero-order chi connectivity index (χ0) is 21.7. The van der Waals surface area contributed by atoms with Crippen molar-refractivity contribution < 1.29 is 18.0 Å². The lowest BCUT2D eigenvalue weighted by Crippen LogP contribution is -2.27. The standard InChI is InChI=1S/C22H25N3O4S/c1-14-12-17(13-18-19(14)23-21(27)22(18,2)3)30(28,29)24-16-8-6-15(7-9-16)20(26)25-10-4-5-11-25/h6-9,12-13,24H,4-5,10-11H2,1-3H3,(H,23,27). The highest BCUT2D eigenvalue weighted by Crippen LogP contribution is 2.40.